The van der Waals surface area contributed by atoms with Crippen LogP contribution in [0, 0.1) is 0 Å². The molecule has 1 aliphatic rings. The van der Waals surface area contributed by atoms with Crippen LogP contribution < -0.4 is 10.2 Å². The number of carbonyl (C=O) groups excluding carboxylic acids is 1. The van der Waals surface area contributed by atoms with Gasteiger partial charge in [0.1, 0.15) is 0 Å². The number of halogens is 1. The summed E-state index contributed by atoms with van der Waals surface area (Å²) in [6.45, 7) is 4.00. The third-order valence-electron chi connectivity index (χ3n) is 4.23. The first-order valence-corrected chi connectivity index (χ1v) is 8.26. The molecule has 0 radical (unpaired) electrons. The summed E-state index contributed by atoms with van der Waals surface area (Å²) in [7, 11) is 1.86. The van der Waals surface area contributed by atoms with Crippen LogP contribution in [-0.2, 0) is 7.05 Å². The predicted molar refractivity (Wildman–Crippen MR) is 92.0 cm³/mol. The molecule has 122 valence electrons. The summed E-state index contributed by atoms with van der Waals surface area (Å²) in [5.74, 6) is -0.128. The molecule has 0 bridgehead atoms. The molecule has 2 aromatic rings. The molecule has 1 aliphatic heterocycles. The van der Waals surface area contributed by atoms with Gasteiger partial charge in [0, 0.05) is 37.5 Å². The molecule has 23 heavy (non-hydrogen) atoms. The number of aryl methyl sites for hydroxylation is 1. The zero-order chi connectivity index (χ0) is 16.4. The third kappa shape index (κ3) is 3.50. The third-order valence-corrected chi connectivity index (χ3v) is 4.53. The summed E-state index contributed by atoms with van der Waals surface area (Å²) >= 11 is 6.38. The van der Waals surface area contributed by atoms with E-state index in [1.54, 1.807) is 16.9 Å². The van der Waals surface area contributed by atoms with Crippen molar-refractivity contribution in [3.05, 3.63) is 46.7 Å². The molecule has 6 heteroatoms. The molecule has 3 rings (SSSR count). The van der Waals surface area contributed by atoms with Gasteiger partial charge in [-0.2, -0.15) is 5.10 Å². The highest BCUT2D eigenvalue weighted by Crippen LogP contribution is 2.29. The van der Waals surface area contributed by atoms with Gasteiger partial charge in [0.2, 0.25) is 0 Å². The van der Waals surface area contributed by atoms with Crippen LogP contribution in [-0.4, -0.2) is 28.8 Å². The Balaban J connectivity index is 1.71. The van der Waals surface area contributed by atoms with E-state index in [0.29, 0.717) is 10.6 Å². The lowest BCUT2D eigenvalue weighted by atomic mass is 10.1. The van der Waals surface area contributed by atoms with Crippen LogP contribution in [0.15, 0.2) is 30.6 Å². The van der Waals surface area contributed by atoms with Gasteiger partial charge >= 0.3 is 0 Å². The first-order valence-electron chi connectivity index (χ1n) is 7.88. The lowest BCUT2D eigenvalue weighted by Gasteiger charge is -2.20. The molecule has 2 heterocycles. The molecule has 1 aromatic carbocycles. The Bertz CT molecular complexity index is 706. The fourth-order valence-corrected chi connectivity index (χ4v) is 3.19. The largest absolute Gasteiger partial charge is 0.370 e. The van der Waals surface area contributed by atoms with Crippen molar-refractivity contribution in [2.45, 2.75) is 25.8 Å². The second kappa shape index (κ2) is 6.62. The molecule has 1 fully saturated rings. The molecule has 0 spiro atoms. The molecule has 1 N–H and O–H groups in total. The number of aromatic nitrogens is 2. The minimum Gasteiger partial charge on any atom is -0.370 e. The van der Waals surface area contributed by atoms with Crippen LogP contribution in [0.4, 0.5) is 5.69 Å². The number of hydrogen-bond donors (Lipinski definition) is 1. The Morgan fingerprint density at radius 1 is 1.35 bits per heavy atom. The van der Waals surface area contributed by atoms with Gasteiger partial charge in [0.25, 0.3) is 5.91 Å². The second-order valence-corrected chi connectivity index (χ2v) is 6.41. The highest BCUT2D eigenvalue weighted by Gasteiger charge is 2.18. The minimum atomic E-state index is -0.128. The molecule has 0 aliphatic carbocycles. The van der Waals surface area contributed by atoms with E-state index in [1.807, 2.05) is 32.3 Å². The van der Waals surface area contributed by atoms with Crippen LogP contribution in [0.3, 0.4) is 0 Å². The van der Waals surface area contributed by atoms with Crippen LogP contribution in [0.2, 0.25) is 5.02 Å². The van der Waals surface area contributed by atoms with Crippen molar-refractivity contribution in [2.75, 3.05) is 18.0 Å². The fourth-order valence-electron chi connectivity index (χ4n) is 2.89. The Morgan fingerprint density at radius 2 is 2.09 bits per heavy atom. The van der Waals surface area contributed by atoms with Crippen molar-refractivity contribution in [3.8, 4) is 0 Å². The van der Waals surface area contributed by atoms with Crippen molar-refractivity contribution >= 4 is 23.2 Å². The minimum absolute atomic E-state index is 0.103. The summed E-state index contributed by atoms with van der Waals surface area (Å²) in [4.78, 5) is 14.7. The Labute approximate surface area is 141 Å². The van der Waals surface area contributed by atoms with E-state index in [4.69, 9.17) is 11.6 Å². The van der Waals surface area contributed by atoms with Crippen molar-refractivity contribution in [2.24, 2.45) is 7.05 Å². The summed E-state index contributed by atoms with van der Waals surface area (Å²) in [5.41, 5.74) is 2.57. The summed E-state index contributed by atoms with van der Waals surface area (Å²) in [6, 6.07) is 5.43. The normalized spacial score (nSPS) is 15.7. The Hall–Kier alpha value is -2.01. The van der Waals surface area contributed by atoms with E-state index < -0.39 is 0 Å². The van der Waals surface area contributed by atoms with Crippen LogP contribution in [0.25, 0.3) is 0 Å². The van der Waals surface area contributed by atoms with Gasteiger partial charge in [0.15, 0.2) is 0 Å². The first kappa shape index (κ1) is 15.9. The number of rotatable bonds is 4. The van der Waals surface area contributed by atoms with Gasteiger partial charge < -0.3 is 10.2 Å². The monoisotopic (exact) mass is 332 g/mol. The van der Waals surface area contributed by atoms with Crippen molar-refractivity contribution in [3.63, 3.8) is 0 Å². The number of nitrogens with one attached hydrogen (secondary N) is 1. The van der Waals surface area contributed by atoms with Gasteiger partial charge in [-0.25, -0.2) is 0 Å². The highest BCUT2D eigenvalue weighted by atomic mass is 35.5. The molecule has 1 aromatic heterocycles. The maximum Gasteiger partial charge on any atom is 0.251 e. The molecule has 1 saturated heterocycles. The van der Waals surface area contributed by atoms with E-state index in [0.717, 1.165) is 24.3 Å². The maximum atomic E-state index is 12.4. The van der Waals surface area contributed by atoms with Crippen LogP contribution >= 0.6 is 11.6 Å². The van der Waals surface area contributed by atoms with E-state index in [1.165, 1.54) is 12.8 Å². The van der Waals surface area contributed by atoms with Crippen LogP contribution in [0.1, 0.15) is 41.7 Å². The van der Waals surface area contributed by atoms with E-state index >= 15 is 0 Å². The zero-order valence-electron chi connectivity index (χ0n) is 13.4. The van der Waals surface area contributed by atoms with Gasteiger partial charge in [-0.1, -0.05) is 11.6 Å². The SMILES string of the molecule is CC(NC(=O)c1ccc(N2CCCC2)c(Cl)c1)c1cnn(C)c1. The standard InChI is InChI=1S/C17H21ClN4O/c1-12(14-10-19-21(2)11-14)20-17(23)13-5-6-16(15(18)9-13)22-7-3-4-8-22/h5-6,9-12H,3-4,7-8H2,1-2H3,(H,20,23). The fraction of sp³-hybridized carbons (Fsp3) is 0.412. The quantitative estimate of drug-likeness (QED) is 0.935. The maximum absolute atomic E-state index is 12.4. The number of hydrogen-bond acceptors (Lipinski definition) is 3. The average Bonchev–Trinajstić information content (AvgIpc) is 3.18. The molecule has 1 amide bonds. The lowest BCUT2D eigenvalue weighted by Crippen LogP contribution is -2.26. The number of nitrogens with zero attached hydrogens (tertiary/aromatic N) is 3. The average molecular weight is 333 g/mol. The Morgan fingerprint density at radius 3 is 2.70 bits per heavy atom. The molecule has 0 saturated carbocycles. The van der Waals surface area contributed by atoms with Crippen molar-refractivity contribution in [1.82, 2.24) is 15.1 Å². The molecular weight excluding hydrogens is 312 g/mol. The van der Waals surface area contributed by atoms with Gasteiger partial charge in [-0.05, 0) is 38.0 Å². The van der Waals surface area contributed by atoms with Gasteiger partial charge in [-0.3, -0.25) is 9.48 Å². The zero-order valence-corrected chi connectivity index (χ0v) is 14.2. The molecule has 1 unspecified atom stereocenters. The number of amides is 1. The number of benzene rings is 1. The summed E-state index contributed by atoms with van der Waals surface area (Å²) < 4.78 is 1.72. The van der Waals surface area contributed by atoms with Crippen molar-refractivity contribution < 1.29 is 4.79 Å². The molecule has 5 nitrogen and oxygen atoms in total. The Kier molecular flexibility index (Phi) is 4.57. The second-order valence-electron chi connectivity index (χ2n) is 6.00. The first-order chi connectivity index (χ1) is 11.0. The highest BCUT2D eigenvalue weighted by molar-refractivity contribution is 6.33. The smallest absolute Gasteiger partial charge is 0.251 e. The lowest BCUT2D eigenvalue weighted by molar-refractivity contribution is 0.0940. The van der Waals surface area contributed by atoms with Crippen LogP contribution in [0.5, 0.6) is 0 Å². The summed E-state index contributed by atoms with van der Waals surface area (Å²) in [5, 5.41) is 7.74. The van der Waals surface area contributed by atoms with Gasteiger partial charge in [0.05, 0.1) is 22.9 Å². The summed E-state index contributed by atoms with van der Waals surface area (Å²) in [6.07, 6.45) is 6.05. The van der Waals surface area contributed by atoms with Gasteiger partial charge in [-0.15, -0.1) is 0 Å². The van der Waals surface area contributed by atoms with E-state index in [9.17, 15) is 4.79 Å². The molecular formula is C17H21ClN4O. The topological polar surface area (TPSA) is 50.2 Å². The van der Waals surface area contributed by atoms with E-state index in [-0.39, 0.29) is 11.9 Å². The van der Waals surface area contributed by atoms with Crippen molar-refractivity contribution in [1.29, 1.82) is 0 Å². The number of carbonyl (C=O) groups is 1. The van der Waals surface area contributed by atoms with E-state index in [2.05, 4.69) is 15.3 Å². The molecule has 1 atom stereocenters. The predicted octanol–water partition coefficient (Wildman–Crippen LogP) is 3.16. The number of anilines is 1.